The average molecular weight is 323 g/mol. The number of aromatic nitrogens is 1. The second-order valence-electron chi connectivity index (χ2n) is 4.12. The molecule has 0 aliphatic carbocycles. The maximum atomic E-state index is 12.7. The largest absolute Gasteiger partial charge is 0.345 e. The van der Waals surface area contributed by atoms with Crippen LogP contribution in [0.1, 0.15) is 28.9 Å². The maximum absolute atomic E-state index is 12.7. The summed E-state index contributed by atoms with van der Waals surface area (Å²) in [6.07, 6.45) is 1.22. The Bertz CT molecular complexity index is 569. The molecule has 0 saturated heterocycles. The highest BCUT2D eigenvalue weighted by Crippen LogP contribution is 2.16. The van der Waals surface area contributed by atoms with Crippen LogP contribution in [-0.4, -0.2) is 10.9 Å². The Kier molecular flexibility index (Phi) is 4.27. The fraction of sp³-hybridized carbons (Fsp3) is 0.143. The van der Waals surface area contributed by atoms with Crippen LogP contribution in [0.5, 0.6) is 0 Å². The number of nitrogens with one attached hydrogen (secondary N) is 1. The molecule has 0 aliphatic rings. The molecule has 5 heteroatoms. The second-order valence-corrected chi connectivity index (χ2v) is 5.03. The molecular formula is C14H12BrFN2O. The molecule has 1 amide bonds. The van der Waals surface area contributed by atoms with E-state index in [-0.39, 0.29) is 11.9 Å². The van der Waals surface area contributed by atoms with Gasteiger partial charge in [0.2, 0.25) is 5.95 Å². The van der Waals surface area contributed by atoms with Crippen LogP contribution in [0.2, 0.25) is 0 Å². The molecule has 1 aromatic heterocycles. The topological polar surface area (TPSA) is 42.0 Å². The first-order chi connectivity index (χ1) is 9.06. The molecule has 1 N–H and O–H groups in total. The van der Waals surface area contributed by atoms with Crippen molar-refractivity contribution >= 4 is 21.8 Å². The molecule has 2 rings (SSSR count). The third kappa shape index (κ3) is 3.61. The number of halogens is 2. The van der Waals surface area contributed by atoms with E-state index in [1.807, 2.05) is 31.2 Å². The average Bonchev–Trinajstić information content (AvgIpc) is 2.40. The van der Waals surface area contributed by atoms with E-state index < -0.39 is 5.95 Å². The van der Waals surface area contributed by atoms with Crippen molar-refractivity contribution in [1.82, 2.24) is 10.3 Å². The molecule has 0 saturated carbocycles. The highest BCUT2D eigenvalue weighted by atomic mass is 79.9. The maximum Gasteiger partial charge on any atom is 0.253 e. The van der Waals surface area contributed by atoms with Crippen LogP contribution in [-0.2, 0) is 0 Å². The van der Waals surface area contributed by atoms with Crippen molar-refractivity contribution in [2.45, 2.75) is 13.0 Å². The number of hydrogen-bond acceptors (Lipinski definition) is 2. The van der Waals surface area contributed by atoms with Gasteiger partial charge in [-0.25, -0.2) is 4.98 Å². The number of amides is 1. The van der Waals surface area contributed by atoms with Crippen LogP contribution in [0.15, 0.2) is 47.1 Å². The van der Waals surface area contributed by atoms with Crippen molar-refractivity contribution in [3.05, 3.63) is 64.1 Å². The Balaban J connectivity index is 2.06. The molecule has 0 unspecified atom stereocenters. The predicted molar refractivity (Wildman–Crippen MR) is 74.2 cm³/mol. The lowest BCUT2D eigenvalue weighted by Crippen LogP contribution is -2.26. The first kappa shape index (κ1) is 13.7. The van der Waals surface area contributed by atoms with Crippen molar-refractivity contribution in [2.75, 3.05) is 0 Å². The first-order valence-electron chi connectivity index (χ1n) is 5.74. The van der Waals surface area contributed by atoms with Crippen molar-refractivity contribution in [2.24, 2.45) is 0 Å². The van der Waals surface area contributed by atoms with Gasteiger partial charge in [0.25, 0.3) is 5.91 Å². The Hall–Kier alpha value is -1.75. The highest BCUT2D eigenvalue weighted by molar-refractivity contribution is 9.10. The summed E-state index contributed by atoms with van der Waals surface area (Å²) in [6.45, 7) is 1.89. The molecule has 0 spiro atoms. The lowest BCUT2D eigenvalue weighted by molar-refractivity contribution is 0.0939. The third-order valence-corrected chi connectivity index (χ3v) is 3.24. The second kappa shape index (κ2) is 5.93. The van der Waals surface area contributed by atoms with Crippen LogP contribution in [0.3, 0.4) is 0 Å². The molecule has 0 radical (unpaired) electrons. The molecule has 1 heterocycles. The van der Waals surface area contributed by atoms with Gasteiger partial charge >= 0.3 is 0 Å². The van der Waals surface area contributed by atoms with Crippen LogP contribution in [0, 0.1) is 5.95 Å². The van der Waals surface area contributed by atoms with Gasteiger partial charge in [-0.1, -0.05) is 28.1 Å². The van der Waals surface area contributed by atoms with Crippen molar-refractivity contribution in [3.8, 4) is 0 Å². The summed E-state index contributed by atoms with van der Waals surface area (Å²) in [5.74, 6) is -0.875. The number of carbonyl (C=O) groups excluding carboxylic acids is 1. The number of benzene rings is 1. The van der Waals surface area contributed by atoms with Crippen molar-refractivity contribution < 1.29 is 9.18 Å². The summed E-state index contributed by atoms with van der Waals surface area (Å²) < 4.78 is 13.7. The SMILES string of the molecule is C[C@H](NC(=O)c1ccc(F)nc1)c1ccc(Br)cc1. The molecule has 1 atom stereocenters. The molecule has 2 aromatic rings. The van der Waals surface area contributed by atoms with Crippen LogP contribution < -0.4 is 5.32 Å². The van der Waals surface area contributed by atoms with Gasteiger partial charge in [0.15, 0.2) is 0 Å². The zero-order valence-electron chi connectivity index (χ0n) is 10.2. The minimum absolute atomic E-state index is 0.134. The van der Waals surface area contributed by atoms with Gasteiger partial charge in [-0.05, 0) is 36.8 Å². The lowest BCUT2D eigenvalue weighted by atomic mass is 10.1. The molecule has 0 aliphatic heterocycles. The summed E-state index contributed by atoms with van der Waals surface area (Å²) in [5, 5.41) is 2.83. The van der Waals surface area contributed by atoms with E-state index in [2.05, 4.69) is 26.2 Å². The number of rotatable bonds is 3. The zero-order chi connectivity index (χ0) is 13.8. The minimum atomic E-state index is -0.600. The minimum Gasteiger partial charge on any atom is -0.345 e. The summed E-state index contributed by atoms with van der Waals surface area (Å²) in [4.78, 5) is 15.4. The Morgan fingerprint density at radius 3 is 2.53 bits per heavy atom. The Morgan fingerprint density at radius 2 is 1.95 bits per heavy atom. The van der Waals surface area contributed by atoms with Gasteiger partial charge < -0.3 is 5.32 Å². The van der Waals surface area contributed by atoms with Crippen LogP contribution >= 0.6 is 15.9 Å². The summed E-state index contributed by atoms with van der Waals surface area (Å²) >= 11 is 3.36. The van der Waals surface area contributed by atoms with E-state index >= 15 is 0 Å². The quantitative estimate of drug-likeness (QED) is 0.879. The predicted octanol–water partition coefficient (Wildman–Crippen LogP) is 3.47. The Morgan fingerprint density at radius 1 is 1.26 bits per heavy atom. The zero-order valence-corrected chi connectivity index (χ0v) is 11.8. The van der Waals surface area contributed by atoms with E-state index in [9.17, 15) is 9.18 Å². The standard InChI is InChI=1S/C14H12BrFN2O/c1-9(10-2-5-12(15)6-3-10)18-14(19)11-4-7-13(16)17-8-11/h2-9H,1H3,(H,18,19)/t9-/m0/s1. The number of pyridine rings is 1. The van der Waals surface area contributed by atoms with E-state index in [1.165, 1.54) is 18.3 Å². The smallest absolute Gasteiger partial charge is 0.253 e. The Labute approximate surface area is 119 Å². The molecule has 0 bridgehead atoms. The molecular weight excluding hydrogens is 311 g/mol. The lowest BCUT2D eigenvalue weighted by Gasteiger charge is -2.14. The van der Waals surface area contributed by atoms with Crippen LogP contribution in [0.25, 0.3) is 0 Å². The fourth-order valence-corrected chi connectivity index (χ4v) is 1.89. The summed E-state index contributed by atoms with van der Waals surface area (Å²) in [6, 6.07) is 10.1. The number of carbonyl (C=O) groups is 1. The fourth-order valence-electron chi connectivity index (χ4n) is 1.62. The van der Waals surface area contributed by atoms with Crippen molar-refractivity contribution in [3.63, 3.8) is 0 Å². The molecule has 19 heavy (non-hydrogen) atoms. The normalized spacial score (nSPS) is 11.9. The third-order valence-electron chi connectivity index (χ3n) is 2.71. The van der Waals surface area contributed by atoms with Gasteiger partial charge in [-0.2, -0.15) is 4.39 Å². The number of nitrogens with zero attached hydrogens (tertiary/aromatic N) is 1. The van der Waals surface area contributed by atoms with Crippen molar-refractivity contribution in [1.29, 1.82) is 0 Å². The van der Waals surface area contributed by atoms with Gasteiger partial charge in [0.1, 0.15) is 0 Å². The van der Waals surface area contributed by atoms with Gasteiger partial charge in [0.05, 0.1) is 11.6 Å². The van der Waals surface area contributed by atoms with Gasteiger partial charge in [0, 0.05) is 10.7 Å². The van der Waals surface area contributed by atoms with E-state index in [1.54, 1.807) is 0 Å². The summed E-state index contributed by atoms with van der Waals surface area (Å²) in [5.41, 5.74) is 1.33. The highest BCUT2D eigenvalue weighted by Gasteiger charge is 2.11. The molecule has 1 aromatic carbocycles. The monoisotopic (exact) mass is 322 g/mol. The van der Waals surface area contributed by atoms with Crippen LogP contribution in [0.4, 0.5) is 4.39 Å². The molecule has 98 valence electrons. The van der Waals surface area contributed by atoms with E-state index in [4.69, 9.17) is 0 Å². The first-order valence-corrected chi connectivity index (χ1v) is 6.53. The molecule has 3 nitrogen and oxygen atoms in total. The van der Waals surface area contributed by atoms with Gasteiger partial charge in [-0.3, -0.25) is 4.79 Å². The van der Waals surface area contributed by atoms with Gasteiger partial charge in [-0.15, -0.1) is 0 Å². The van der Waals surface area contributed by atoms with E-state index in [0.29, 0.717) is 5.56 Å². The number of hydrogen-bond donors (Lipinski definition) is 1. The summed E-state index contributed by atoms with van der Waals surface area (Å²) in [7, 11) is 0. The molecule has 0 fully saturated rings. The van der Waals surface area contributed by atoms with E-state index in [0.717, 1.165) is 10.0 Å².